The highest BCUT2D eigenvalue weighted by Gasteiger charge is 2.15. The van der Waals surface area contributed by atoms with Gasteiger partial charge in [0.15, 0.2) is 0 Å². The molecule has 1 aliphatic heterocycles. The quantitative estimate of drug-likeness (QED) is 0.593. The number of rotatable bonds is 6. The average molecular weight is 281 g/mol. The van der Waals surface area contributed by atoms with Crippen LogP contribution in [0.1, 0.15) is 32.6 Å². The minimum atomic E-state index is -0.320. The number of carbonyl (C=O) groups excluding carboxylic acids is 2. The van der Waals surface area contributed by atoms with Gasteiger partial charge in [0.25, 0.3) is 0 Å². The van der Waals surface area contributed by atoms with Crippen LogP contribution in [0.3, 0.4) is 0 Å². The number of unbranched alkanes of at least 4 members (excludes halogenated alkanes) is 1. The molecule has 20 heavy (non-hydrogen) atoms. The Kier molecular flexibility index (Phi) is 9.38. The molecule has 1 aliphatic rings. The molecule has 1 heterocycles. The van der Waals surface area contributed by atoms with Gasteiger partial charge in [0.1, 0.15) is 0 Å². The second kappa shape index (κ2) is 10.2. The summed E-state index contributed by atoms with van der Waals surface area (Å²) in [7, 11) is 4.06. The average Bonchev–Trinajstić information content (AvgIpc) is 2.80. The van der Waals surface area contributed by atoms with Crippen LogP contribution in [0, 0.1) is 0 Å². The number of primary amides is 1. The van der Waals surface area contributed by atoms with E-state index in [2.05, 4.69) is 11.5 Å². The number of amides is 2. The summed E-state index contributed by atoms with van der Waals surface area (Å²) in [4.78, 5) is 25.0. The summed E-state index contributed by atoms with van der Waals surface area (Å²) in [5.74, 6) is -0.111. The Labute approximate surface area is 122 Å². The Bertz CT molecular complexity index is 362. The van der Waals surface area contributed by atoms with Gasteiger partial charge in [-0.3, -0.25) is 9.59 Å². The molecule has 5 heteroatoms. The van der Waals surface area contributed by atoms with Crippen LogP contribution in [0.15, 0.2) is 24.4 Å². The predicted octanol–water partition coefficient (Wildman–Crippen LogP) is 1.51. The number of hydrogen-bond donors (Lipinski definition) is 1. The van der Waals surface area contributed by atoms with Crippen molar-refractivity contribution in [2.24, 2.45) is 5.73 Å². The van der Waals surface area contributed by atoms with Crippen molar-refractivity contribution in [3.8, 4) is 0 Å². The third kappa shape index (κ3) is 8.48. The second-order valence-electron chi connectivity index (χ2n) is 5.07. The molecule has 5 nitrogen and oxygen atoms in total. The topological polar surface area (TPSA) is 66.6 Å². The highest BCUT2D eigenvalue weighted by molar-refractivity contribution is 5.91. The van der Waals surface area contributed by atoms with Crippen LogP contribution in [0.25, 0.3) is 0 Å². The van der Waals surface area contributed by atoms with Crippen molar-refractivity contribution in [3.63, 3.8) is 0 Å². The second-order valence-corrected chi connectivity index (χ2v) is 5.07. The van der Waals surface area contributed by atoms with Crippen LogP contribution >= 0.6 is 0 Å². The van der Waals surface area contributed by atoms with E-state index >= 15 is 0 Å². The maximum absolute atomic E-state index is 10.7. The van der Waals surface area contributed by atoms with Crippen molar-refractivity contribution < 1.29 is 9.59 Å². The first-order valence-corrected chi connectivity index (χ1v) is 6.91. The number of nitrogens with zero attached hydrogens (tertiary/aromatic N) is 2. The summed E-state index contributed by atoms with van der Waals surface area (Å²) >= 11 is 0. The Balaban J connectivity index is 0.000000388. The molecule has 114 valence electrons. The fraction of sp³-hybridized carbons (Fsp3) is 0.600. The smallest absolute Gasteiger partial charge is 0.244 e. The molecule has 1 saturated heterocycles. The van der Waals surface area contributed by atoms with Crippen LogP contribution < -0.4 is 5.73 Å². The summed E-state index contributed by atoms with van der Waals surface area (Å²) in [6.07, 6.45) is 7.17. The van der Waals surface area contributed by atoms with Gasteiger partial charge in [0, 0.05) is 18.5 Å². The van der Waals surface area contributed by atoms with Gasteiger partial charge in [-0.2, -0.15) is 0 Å². The summed E-state index contributed by atoms with van der Waals surface area (Å²) in [6, 6.07) is 0. The van der Waals surface area contributed by atoms with Crippen molar-refractivity contribution in [2.45, 2.75) is 32.6 Å². The lowest BCUT2D eigenvalue weighted by Crippen LogP contribution is -2.16. The monoisotopic (exact) mass is 281 g/mol. The number of hydrogen-bond acceptors (Lipinski definition) is 3. The first kappa shape index (κ1) is 18.4. The fourth-order valence-electron chi connectivity index (χ4n) is 1.69. The van der Waals surface area contributed by atoms with Crippen LogP contribution in [0.5, 0.6) is 0 Å². The van der Waals surface area contributed by atoms with Gasteiger partial charge in [-0.15, -0.1) is 0 Å². The lowest BCUT2D eigenvalue weighted by Gasteiger charge is -2.06. The molecular weight excluding hydrogens is 254 g/mol. The molecule has 1 rings (SSSR count). The van der Waals surface area contributed by atoms with E-state index in [1.165, 1.54) is 0 Å². The number of allylic oxidation sites excluding steroid dienone is 1. The SMILES string of the molecule is C=CN1CCCC1=O.CC(=CCCCN(C)C)C(N)=O. The van der Waals surface area contributed by atoms with E-state index in [9.17, 15) is 9.59 Å². The van der Waals surface area contributed by atoms with Crippen LogP contribution in [0.4, 0.5) is 0 Å². The lowest BCUT2D eigenvalue weighted by molar-refractivity contribution is -0.125. The van der Waals surface area contributed by atoms with Crippen LogP contribution in [-0.4, -0.2) is 48.8 Å². The Morgan fingerprint density at radius 2 is 2.15 bits per heavy atom. The summed E-state index contributed by atoms with van der Waals surface area (Å²) < 4.78 is 0. The van der Waals surface area contributed by atoms with Gasteiger partial charge >= 0.3 is 0 Å². The van der Waals surface area contributed by atoms with Crippen molar-refractivity contribution in [1.29, 1.82) is 0 Å². The predicted molar refractivity (Wildman–Crippen MR) is 81.9 cm³/mol. The molecule has 0 aromatic heterocycles. The normalized spacial score (nSPS) is 15.1. The Hall–Kier alpha value is -1.62. The highest BCUT2D eigenvalue weighted by Crippen LogP contribution is 2.08. The van der Waals surface area contributed by atoms with Gasteiger partial charge < -0.3 is 15.5 Å². The van der Waals surface area contributed by atoms with Gasteiger partial charge in [0.05, 0.1) is 0 Å². The summed E-state index contributed by atoms with van der Waals surface area (Å²) in [6.45, 7) is 7.15. The van der Waals surface area contributed by atoms with Gasteiger partial charge in [-0.25, -0.2) is 0 Å². The molecule has 0 aliphatic carbocycles. The summed E-state index contributed by atoms with van der Waals surface area (Å²) in [5, 5.41) is 0. The van der Waals surface area contributed by atoms with Crippen molar-refractivity contribution in [1.82, 2.24) is 9.80 Å². The molecular formula is C15H27N3O2. The van der Waals surface area contributed by atoms with Crippen LogP contribution in [0.2, 0.25) is 0 Å². The molecule has 0 aromatic rings. The maximum Gasteiger partial charge on any atom is 0.244 e. The van der Waals surface area contributed by atoms with Crippen molar-refractivity contribution in [2.75, 3.05) is 27.2 Å². The van der Waals surface area contributed by atoms with E-state index in [1.54, 1.807) is 18.0 Å². The lowest BCUT2D eigenvalue weighted by atomic mass is 10.2. The fourth-order valence-corrected chi connectivity index (χ4v) is 1.69. The first-order chi connectivity index (χ1) is 9.38. The maximum atomic E-state index is 10.7. The van der Waals surface area contributed by atoms with E-state index in [-0.39, 0.29) is 11.8 Å². The molecule has 2 amide bonds. The first-order valence-electron chi connectivity index (χ1n) is 6.91. The highest BCUT2D eigenvalue weighted by atomic mass is 16.2. The van der Waals surface area contributed by atoms with Crippen LogP contribution in [-0.2, 0) is 9.59 Å². The van der Waals surface area contributed by atoms with E-state index in [0.717, 1.165) is 32.4 Å². The molecule has 0 aromatic carbocycles. The molecule has 0 saturated carbocycles. The number of nitrogens with two attached hydrogens (primary N) is 1. The van der Waals surface area contributed by atoms with E-state index in [0.29, 0.717) is 12.0 Å². The van der Waals surface area contributed by atoms with Crippen molar-refractivity contribution >= 4 is 11.8 Å². The zero-order chi connectivity index (χ0) is 15.5. The Morgan fingerprint density at radius 3 is 2.50 bits per heavy atom. The van der Waals surface area contributed by atoms with Gasteiger partial charge in [-0.1, -0.05) is 12.7 Å². The summed E-state index contributed by atoms with van der Waals surface area (Å²) in [5.41, 5.74) is 5.72. The molecule has 0 spiro atoms. The number of likely N-dealkylation sites (tertiary alicyclic amines) is 1. The third-order valence-electron chi connectivity index (χ3n) is 2.98. The molecule has 1 fully saturated rings. The number of carbonyl (C=O) groups is 2. The standard InChI is InChI=1S/C9H18N2O.C6H9NO/c1-8(9(10)12)6-4-5-7-11(2)3;1-2-7-5-3-4-6(7)8/h6H,4-5,7H2,1-3H3,(H2,10,12);2H,1,3-5H2. The minimum absolute atomic E-state index is 0.208. The zero-order valence-electron chi connectivity index (χ0n) is 12.9. The Morgan fingerprint density at radius 1 is 1.50 bits per heavy atom. The van der Waals surface area contributed by atoms with Gasteiger partial charge in [-0.05, 0) is 53.0 Å². The molecule has 2 N–H and O–H groups in total. The molecule has 0 radical (unpaired) electrons. The zero-order valence-corrected chi connectivity index (χ0v) is 12.9. The molecule has 0 atom stereocenters. The van der Waals surface area contributed by atoms with E-state index in [4.69, 9.17) is 5.73 Å². The third-order valence-corrected chi connectivity index (χ3v) is 2.98. The van der Waals surface area contributed by atoms with E-state index < -0.39 is 0 Å². The molecule has 0 unspecified atom stereocenters. The molecule has 0 bridgehead atoms. The minimum Gasteiger partial charge on any atom is -0.366 e. The van der Waals surface area contributed by atoms with Gasteiger partial charge in [0.2, 0.25) is 11.8 Å². The van der Waals surface area contributed by atoms with E-state index in [1.807, 2.05) is 20.2 Å². The largest absolute Gasteiger partial charge is 0.366 e. The van der Waals surface area contributed by atoms with Crippen molar-refractivity contribution in [3.05, 3.63) is 24.4 Å².